The van der Waals surface area contributed by atoms with Gasteiger partial charge in [-0.25, -0.2) is 0 Å². The van der Waals surface area contributed by atoms with E-state index in [0.717, 1.165) is 70.0 Å². The zero-order valence-electron chi connectivity index (χ0n) is 20.8. The fraction of sp³-hybridized carbons (Fsp3) is 0.433. The zero-order chi connectivity index (χ0) is 23.9. The van der Waals surface area contributed by atoms with Gasteiger partial charge in [0.2, 0.25) is 0 Å². The molecule has 1 atom stereocenters. The van der Waals surface area contributed by atoms with E-state index < -0.39 is 0 Å². The van der Waals surface area contributed by atoms with E-state index in [1.807, 2.05) is 12.3 Å². The lowest BCUT2D eigenvalue weighted by Crippen LogP contribution is -2.36. The number of hydrogen-bond acceptors (Lipinski definition) is 5. The highest BCUT2D eigenvalue weighted by Gasteiger charge is 2.23. The maximum atomic E-state index is 6.18. The molecule has 2 aliphatic rings. The SMILES string of the molecule is C[C@H](Cc1ccccn1)N1CCOc2ccc(CN3CCC(OCc4ccccc4)CC3)cc2C1. The number of rotatable bonds is 8. The number of benzene rings is 2. The van der Waals surface area contributed by atoms with Gasteiger partial charge in [-0.15, -0.1) is 0 Å². The Morgan fingerprint density at radius 3 is 2.60 bits per heavy atom. The van der Waals surface area contributed by atoms with Gasteiger partial charge in [-0.2, -0.15) is 0 Å². The number of hydrogen-bond donors (Lipinski definition) is 0. The van der Waals surface area contributed by atoms with Crippen molar-refractivity contribution in [3.63, 3.8) is 0 Å². The van der Waals surface area contributed by atoms with Crippen molar-refractivity contribution in [2.45, 2.75) is 58.0 Å². The Balaban J connectivity index is 1.14. The summed E-state index contributed by atoms with van der Waals surface area (Å²) in [7, 11) is 0. The van der Waals surface area contributed by atoms with Gasteiger partial charge in [0.15, 0.2) is 0 Å². The first kappa shape index (κ1) is 24.0. The summed E-state index contributed by atoms with van der Waals surface area (Å²) in [5.41, 5.74) is 5.07. The monoisotopic (exact) mass is 471 g/mol. The largest absolute Gasteiger partial charge is 0.492 e. The highest BCUT2D eigenvalue weighted by atomic mass is 16.5. The third kappa shape index (κ3) is 6.69. The molecule has 3 heterocycles. The van der Waals surface area contributed by atoms with Gasteiger partial charge in [0.1, 0.15) is 12.4 Å². The van der Waals surface area contributed by atoms with E-state index in [1.54, 1.807) is 0 Å². The molecule has 5 heteroatoms. The molecule has 0 unspecified atom stereocenters. The van der Waals surface area contributed by atoms with E-state index in [0.29, 0.717) is 18.8 Å². The summed E-state index contributed by atoms with van der Waals surface area (Å²) in [6.45, 7) is 8.76. The van der Waals surface area contributed by atoms with Gasteiger partial charge in [-0.3, -0.25) is 14.8 Å². The molecule has 0 radical (unpaired) electrons. The smallest absolute Gasteiger partial charge is 0.123 e. The molecule has 0 aliphatic carbocycles. The van der Waals surface area contributed by atoms with E-state index in [2.05, 4.69) is 82.4 Å². The third-order valence-corrected chi connectivity index (χ3v) is 7.26. The summed E-state index contributed by atoms with van der Waals surface area (Å²) < 4.78 is 12.3. The Kier molecular flexibility index (Phi) is 8.09. The molecule has 1 fully saturated rings. The first-order valence-corrected chi connectivity index (χ1v) is 13.0. The molecule has 5 nitrogen and oxygen atoms in total. The van der Waals surface area contributed by atoms with Gasteiger partial charge < -0.3 is 9.47 Å². The molecule has 0 spiro atoms. The Hall–Kier alpha value is -2.73. The van der Waals surface area contributed by atoms with Crippen molar-refractivity contribution in [3.05, 3.63) is 95.3 Å². The predicted octanol–water partition coefficient (Wildman–Crippen LogP) is 5.09. The van der Waals surface area contributed by atoms with Crippen LogP contribution >= 0.6 is 0 Å². The number of ether oxygens (including phenoxy) is 2. The van der Waals surface area contributed by atoms with Crippen LogP contribution in [-0.4, -0.2) is 53.2 Å². The Morgan fingerprint density at radius 1 is 0.971 bits per heavy atom. The molecule has 0 amide bonds. The van der Waals surface area contributed by atoms with Gasteiger partial charge >= 0.3 is 0 Å². The third-order valence-electron chi connectivity index (χ3n) is 7.26. The molecular formula is C30H37N3O2. The fourth-order valence-corrected chi connectivity index (χ4v) is 5.17. The molecule has 0 bridgehead atoms. The topological polar surface area (TPSA) is 37.8 Å². The molecule has 0 N–H and O–H groups in total. The minimum Gasteiger partial charge on any atom is -0.492 e. The van der Waals surface area contributed by atoms with Crippen LogP contribution in [0, 0.1) is 0 Å². The zero-order valence-corrected chi connectivity index (χ0v) is 20.8. The molecule has 184 valence electrons. The Morgan fingerprint density at radius 2 is 1.80 bits per heavy atom. The fourth-order valence-electron chi connectivity index (χ4n) is 5.17. The number of aromatic nitrogens is 1. The molecule has 1 aromatic heterocycles. The Bertz CT molecular complexity index is 1050. The van der Waals surface area contributed by atoms with Crippen LogP contribution in [0.15, 0.2) is 72.9 Å². The van der Waals surface area contributed by atoms with Crippen LogP contribution in [0.2, 0.25) is 0 Å². The standard InChI is InChI=1S/C30H37N3O2/c1-24(19-28-9-5-6-14-31-28)33-17-18-34-30-11-10-26(20-27(30)22-33)21-32-15-12-29(13-16-32)35-23-25-7-3-2-4-8-25/h2-11,14,20,24,29H,12-13,15-19,21-23H2,1H3/t24-/m1/s1. The van der Waals surface area contributed by atoms with Crippen LogP contribution in [0.3, 0.4) is 0 Å². The summed E-state index contributed by atoms with van der Waals surface area (Å²) in [5.74, 6) is 1.04. The lowest BCUT2D eigenvalue weighted by molar-refractivity contribution is -0.00394. The van der Waals surface area contributed by atoms with Crippen molar-refractivity contribution in [1.29, 1.82) is 0 Å². The van der Waals surface area contributed by atoms with Gasteiger partial charge in [0.05, 0.1) is 12.7 Å². The maximum Gasteiger partial charge on any atom is 0.123 e. The van der Waals surface area contributed by atoms with Crippen molar-refractivity contribution in [1.82, 2.24) is 14.8 Å². The first-order valence-electron chi connectivity index (χ1n) is 13.0. The van der Waals surface area contributed by atoms with Gasteiger partial charge in [-0.05, 0) is 55.2 Å². The minimum absolute atomic E-state index is 0.362. The molecule has 5 rings (SSSR count). The highest BCUT2D eigenvalue weighted by molar-refractivity contribution is 5.38. The number of pyridine rings is 1. The quantitative estimate of drug-likeness (QED) is 0.458. The predicted molar refractivity (Wildman–Crippen MR) is 139 cm³/mol. The molecule has 1 saturated heterocycles. The average molecular weight is 472 g/mol. The lowest BCUT2D eigenvalue weighted by atomic mass is 10.0. The summed E-state index contributed by atoms with van der Waals surface area (Å²) in [6.07, 6.45) is 5.39. The highest BCUT2D eigenvalue weighted by Crippen LogP contribution is 2.27. The number of likely N-dealkylation sites (tertiary alicyclic amines) is 1. The second-order valence-electron chi connectivity index (χ2n) is 9.91. The van der Waals surface area contributed by atoms with Crippen LogP contribution in [-0.2, 0) is 30.9 Å². The van der Waals surface area contributed by atoms with Crippen molar-refractivity contribution in [3.8, 4) is 5.75 Å². The van der Waals surface area contributed by atoms with E-state index in [-0.39, 0.29) is 0 Å². The van der Waals surface area contributed by atoms with Crippen molar-refractivity contribution in [2.24, 2.45) is 0 Å². The Labute approximate surface area is 209 Å². The van der Waals surface area contributed by atoms with Gasteiger partial charge in [0, 0.05) is 62.6 Å². The first-order chi connectivity index (χ1) is 17.2. The molecule has 3 aromatic rings. The summed E-state index contributed by atoms with van der Waals surface area (Å²) in [6, 6.07) is 23.8. The van der Waals surface area contributed by atoms with Crippen LogP contribution in [0.1, 0.15) is 42.1 Å². The van der Waals surface area contributed by atoms with Gasteiger partial charge in [0.25, 0.3) is 0 Å². The van der Waals surface area contributed by atoms with E-state index in [1.165, 1.54) is 16.7 Å². The average Bonchev–Trinajstić information content (AvgIpc) is 3.12. The van der Waals surface area contributed by atoms with Crippen LogP contribution < -0.4 is 4.74 Å². The van der Waals surface area contributed by atoms with Crippen LogP contribution in [0.5, 0.6) is 5.75 Å². The summed E-state index contributed by atoms with van der Waals surface area (Å²) in [4.78, 5) is 9.61. The summed E-state index contributed by atoms with van der Waals surface area (Å²) >= 11 is 0. The summed E-state index contributed by atoms with van der Waals surface area (Å²) in [5, 5.41) is 0. The van der Waals surface area contributed by atoms with Crippen LogP contribution in [0.25, 0.3) is 0 Å². The number of nitrogens with zero attached hydrogens (tertiary/aromatic N) is 3. The normalized spacial score (nSPS) is 18.4. The van der Waals surface area contributed by atoms with E-state index >= 15 is 0 Å². The van der Waals surface area contributed by atoms with Gasteiger partial charge in [-0.1, -0.05) is 42.5 Å². The minimum atomic E-state index is 0.362. The van der Waals surface area contributed by atoms with Crippen LogP contribution in [0.4, 0.5) is 0 Å². The second-order valence-corrected chi connectivity index (χ2v) is 9.91. The molecule has 2 aromatic carbocycles. The maximum absolute atomic E-state index is 6.18. The van der Waals surface area contributed by atoms with Crippen molar-refractivity contribution < 1.29 is 9.47 Å². The molecule has 35 heavy (non-hydrogen) atoms. The van der Waals surface area contributed by atoms with Crippen molar-refractivity contribution in [2.75, 3.05) is 26.2 Å². The second kappa shape index (κ2) is 11.8. The van der Waals surface area contributed by atoms with E-state index in [9.17, 15) is 0 Å². The lowest BCUT2D eigenvalue weighted by Gasteiger charge is -2.32. The molecule has 2 aliphatic heterocycles. The number of fused-ring (bicyclic) bond motifs is 1. The van der Waals surface area contributed by atoms with Crippen molar-refractivity contribution >= 4 is 0 Å². The molecule has 0 saturated carbocycles. The molecular weight excluding hydrogens is 434 g/mol. The number of piperidine rings is 1. The van der Waals surface area contributed by atoms with E-state index in [4.69, 9.17) is 9.47 Å².